The van der Waals surface area contributed by atoms with Crippen LogP contribution in [0.15, 0.2) is 77.7 Å². The van der Waals surface area contributed by atoms with Crippen molar-refractivity contribution in [3.63, 3.8) is 0 Å². The first-order chi connectivity index (χ1) is 16.6. The van der Waals surface area contributed by atoms with Crippen molar-refractivity contribution in [2.24, 2.45) is 5.92 Å². The number of benzene rings is 3. The minimum absolute atomic E-state index is 0.0972. The van der Waals surface area contributed by atoms with Crippen LogP contribution in [0.4, 0.5) is 13.2 Å². The Kier molecular flexibility index (Phi) is 7.37. The van der Waals surface area contributed by atoms with E-state index in [1.165, 1.54) is 12.1 Å². The largest absolute Gasteiger partial charge is 0.573 e. The van der Waals surface area contributed by atoms with E-state index in [9.17, 15) is 21.6 Å². The molecule has 0 amide bonds. The Morgan fingerprint density at radius 3 is 2.46 bits per heavy atom. The van der Waals surface area contributed by atoms with Crippen LogP contribution in [0.2, 0.25) is 0 Å². The molecule has 35 heavy (non-hydrogen) atoms. The Bertz CT molecular complexity index is 1260. The van der Waals surface area contributed by atoms with Gasteiger partial charge in [-0.25, -0.2) is 8.42 Å². The smallest absolute Gasteiger partial charge is 0.496 e. The minimum atomic E-state index is -4.88. The average Bonchev–Trinajstić information content (AvgIpc) is 3.24. The number of likely N-dealkylation sites (tertiary alicyclic amines) is 1. The van der Waals surface area contributed by atoms with Crippen LogP contribution in [0.1, 0.15) is 12.0 Å². The van der Waals surface area contributed by atoms with Gasteiger partial charge in [-0.05, 0) is 54.3 Å². The topological polar surface area (TPSA) is 55.8 Å². The zero-order valence-electron chi connectivity index (χ0n) is 19.2. The van der Waals surface area contributed by atoms with Crippen LogP contribution in [0.3, 0.4) is 0 Å². The Morgan fingerprint density at radius 2 is 1.74 bits per heavy atom. The predicted molar refractivity (Wildman–Crippen MR) is 127 cm³/mol. The molecule has 5 nitrogen and oxygen atoms in total. The van der Waals surface area contributed by atoms with Crippen molar-refractivity contribution < 1.29 is 31.1 Å². The summed E-state index contributed by atoms with van der Waals surface area (Å²) in [6, 6.07) is 20.6. The van der Waals surface area contributed by atoms with E-state index in [0.29, 0.717) is 19.5 Å². The summed E-state index contributed by atoms with van der Waals surface area (Å²) in [5.41, 5.74) is 3.18. The molecule has 0 spiro atoms. The number of methoxy groups -OCH3 is 1. The molecule has 3 aromatic carbocycles. The molecule has 0 unspecified atom stereocenters. The molecule has 0 radical (unpaired) electrons. The van der Waals surface area contributed by atoms with E-state index in [1.54, 1.807) is 7.11 Å². The molecule has 0 saturated carbocycles. The lowest BCUT2D eigenvalue weighted by atomic mass is 10.0. The van der Waals surface area contributed by atoms with Crippen LogP contribution in [-0.4, -0.2) is 45.6 Å². The van der Waals surface area contributed by atoms with Crippen molar-refractivity contribution in [3.05, 3.63) is 78.4 Å². The summed E-state index contributed by atoms with van der Waals surface area (Å²) in [6.07, 6.45) is -4.17. The maximum atomic E-state index is 12.8. The second-order valence-corrected chi connectivity index (χ2v) is 10.6. The van der Waals surface area contributed by atoms with E-state index in [-0.39, 0.29) is 16.6 Å². The van der Waals surface area contributed by atoms with Crippen LogP contribution in [0.25, 0.3) is 11.1 Å². The normalized spacial score (nSPS) is 16.9. The van der Waals surface area contributed by atoms with Crippen LogP contribution >= 0.6 is 0 Å². The maximum Gasteiger partial charge on any atom is 0.573 e. The molecule has 0 N–H and O–H groups in total. The number of hydrogen-bond donors (Lipinski definition) is 0. The Morgan fingerprint density at radius 1 is 1.00 bits per heavy atom. The van der Waals surface area contributed by atoms with Gasteiger partial charge in [0, 0.05) is 18.7 Å². The molecule has 186 valence electrons. The average molecular weight is 506 g/mol. The predicted octanol–water partition coefficient (Wildman–Crippen LogP) is 5.56. The zero-order valence-corrected chi connectivity index (χ0v) is 20.0. The summed E-state index contributed by atoms with van der Waals surface area (Å²) in [6.45, 7) is 2.05. The molecule has 1 fully saturated rings. The summed E-state index contributed by atoms with van der Waals surface area (Å²) in [5.74, 6) is 0.0497. The SMILES string of the molecule is COc1ccccc1-c1ccc(CN2CC[C@@H](CS(=O)(=O)c3cccc(OC(F)(F)F)c3)C2)cc1. The molecule has 0 aromatic heterocycles. The number of sulfone groups is 1. The molecule has 3 aromatic rings. The highest BCUT2D eigenvalue weighted by Gasteiger charge is 2.32. The fourth-order valence-corrected chi connectivity index (χ4v) is 6.06. The number of para-hydroxylation sites is 1. The first-order valence-corrected chi connectivity index (χ1v) is 12.8. The molecule has 0 aliphatic carbocycles. The highest BCUT2D eigenvalue weighted by Crippen LogP contribution is 2.31. The van der Waals surface area contributed by atoms with Gasteiger partial charge in [0.1, 0.15) is 11.5 Å². The molecule has 9 heteroatoms. The van der Waals surface area contributed by atoms with Crippen molar-refractivity contribution in [3.8, 4) is 22.6 Å². The number of nitrogens with zero attached hydrogens (tertiary/aromatic N) is 1. The molecular formula is C26H26F3NO4S. The number of rotatable bonds is 8. The van der Waals surface area contributed by atoms with Gasteiger partial charge in [0.25, 0.3) is 0 Å². The lowest BCUT2D eigenvalue weighted by Gasteiger charge is -2.17. The van der Waals surface area contributed by atoms with Crippen LogP contribution in [0.5, 0.6) is 11.5 Å². The van der Waals surface area contributed by atoms with Gasteiger partial charge in [0.2, 0.25) is 0 Å². The molecule has 1 heterocycles. The first kappa shape index (κ1) is 25.1. The fraction of sp³-hybridized carbons (Fsp3) is 0.308. The molecule has 1 atom stereocenters. The summed E-state index contributed by atoms with van der Waals surface area (Å²) < 4.78 is 72.4. The lowest BCUT2D eigenvalue weighted by Crippen LogP contribution is -2.23. The van der Waals surface area contributed by atoms with E-state index in [0.717, 1.165) is 41.1 Å². The number of halogens is 3. The third-order valence-electron chi connectivity index (χ3n) is 6.00. The Balaban J connectivity index is 1.36. The molecule has 1 aliphatic heterocycles. The molecular weight excluding hydrogens is 479 g/mol. The van der Waals surface area contributed by atoms with Gasteiger partial charge in [-0.15, -0.1) is 13.2 Å². The van der Waals surface area contributed by atoms with Gasteiger partial charge in [-0.1, -0.05) is 48.5 Å². The van der Waals surface area contributed by atoms with Gasteiger partial charge in [0.15, 0.2) is 9.84 Å². The van der Waals surface area contributed by atoms with Crippen LogP contribution in [-0.2, 0) is 16.4 Å². The van der Waals surface area contributed by atoms with Crippen molar-refractivity contribution in [1.82, 2.24) is 4.90 Å². The number of ether oxygens (including phenoxy) is 2. The standard InChI is InChI=1S/C26H26F3NO4S/c1-33-25-8-3-2-7-24(25)21-11-9-19(10-12-21)16-30-14-13-20(17-30)18-35(31,32)23-6-4-5-22(15-23)34-26(27,28)29/h2-12,15,20H,13-14,16-18H2,1H3/t20-/m1/s1. The lowest BCUT2D eigenvalue weighted by molar-refractivity contribution is -0.274. The third kappa shape index (κ3) is 6.55. The Hall–Kier alpha value is -3.04. The zero-order chi connectivity index (χ0) is 25.1. The van der Waals surface area contributed by atoms with Crippen LogP contribution < -0.4 is 9.47 Å². The summed E-state index contributed by atoms with van der Waals surface area (Å²) >= 11 is 0. The number of hydrogen-bond acceptors (Lipinski definition) is 5. The quantitative estimate of drug-likeness (QED) is 0.402. The van der Waals surface area contributed by atoms with Crippen LogP contribution in [0, 0.1) is 5.92 Å². The summed E-state index contributed by atoms with van der Waals surface area (Å²) in [4.78, 5) is 2.03. The molecule has 0 bridgehead atoms. The van der Waals surface area contributed by atoms with E-state index in [4.69, 9.17) is 4.74 Å². The minimum Gasteiger partial charge on any atom is -0.496 e. The van der Waals surface area contributed by atoms with Crippen molar-refractivity contribution >= 4 is 9.84 Å². The van der Waals surface area contributed by atoms with Crippen molar-refractivity contribution in [1.29, 1.82) is 0 Å². The first-order valence-electron chi connectivity index (χ1n) is 11.2. The molecule has 4 rings (SSSR count). The maximum absolute atomic E-state index is 12.8. The van der Waals surface area contributed by atoms with E-state index in [2.05, 4.69) is 21.8 Å². The summed E-state index contributed by atoms with van der Waals surface area (Å²) in [7, 11) is -2.10. The van der Waals surface area contributed by atoms with E-state index in [1.807, 2.05) is 36.4 Å². The van der Waals surface area contributed by atoms with Gasteiger partial charge in [0.05, 0.1) is 17.8 Å². The summed E-state index contributed by atoms with van der Waals surface area (Å²) in [5, 5.41) is 0. The monoisotopic (exact) mass is 505 g/mol. The number of alkyl halides is 3. The second-order valence-electron chi connectivity index (χ2n) is 8.59. The molecule has 1 aliphatic rings. The van der Waals surface area contributed by atoms with E-state index < -0.39 is 21.9 Å². The highest BCUT2D eigenvalue weighted by atomic mass is 32.2. The van der Waals surface area contributed by atoms with Gasteiger partial charge in [-0.3, -0.25) is 4.90 Å². The van der Waals surface area contributed by atoms with E-state index >= 15 is 0 Å². The highest BCUT2D eigenvalue weighted by molar-refractivity contribution is 7.91. The fourth-order valence-electron chi connectivity index (χ4n) is 4.39. The van der Waals surface area contributed by atoms with Crippen molar-refractivity contribution in [2.45, 2.75) is 24.2 Å². The third-order valence-corrected chi connectivity index (χ3v) is 7.88. The van der Waals surface area contributed by atoms with Crippen molar-refractivity contribution in [2.75, 3.05) is 26.0 Å². The van der Waals surface area contributed by atoms with Gasteiger partial charge < -0.3 is 9.47 Å². The van der Waals surface area contributed by atoms with Gasteiger partial charge in [-0.2, -0.15) is 0 Å². The second kappa shape index (κ2) is 10.3. The Labute approximate surface area is 203 Å². The van der Waals surface area contributed by atoms with Gasteiger partial charge >= 0.3 is 6.36 Å². The molecule has 1 saturated heterocycles.